The van der Waals surface area contributed by atoms with Gasteiger partial charge in [0.2, 0.25) is 5.88 Å². The van der Waals surface area contributed by atoms with E-state index in [1.165, 1.54) is 0 Å². The standard InChI is InChI=1S/C13H15NO3/c1-2-7-17-12-10(13(15)16)8-9-5-3-4-6-11(9)14-12/h2,8H,1,3-7H2,(H,15,16). The van der Waals surface area contributed by atoms with Crippen LogP contribution in [-0.2, 0) is 12.8 Å². The Bertz CT molecular complexity index is 454. The summed E-state index contributed by atoms with van der Waals surface area (Å²) in [5, 5.41) is 9.12. The van der Waals surface area contributed by atoms with Gasteiger partial charge in [0.1, 0.15) is 12.2 Å². The van der Waals surface area contributed by atoms with Gasteiger partial charge in [-0.25, -0.2) is 9.78 Å². The quantitative estimate of drug-likeness (QED) is 0.810. The molecule has 17 heavy (non-hydrogen) atoms. The van der Waals surface area contributed by atoms with Crippen molar-refractivity contribution in [3.8, 4) is 5.88 Å². The second-order valence-corrected chi connectivity index (χ2v) is 4.06. The fourth-order valence-electron chi connectivity index (χ4n) is 2.02. The average Bonchev–Trinajstić information content (AvgIpc) is 2.35. The molecule has 1 aliphatic carbocycles. The third-order valence-electron chi connectivity index (χ3n) is 2.83. The first-order chi connectivity index (χ1) is 8.22. The molecule has 1 aromatic rings. The molecule has 0 aliphatic heterocycles. The zero-order chi connectivity index (χ0) is 12.3. The van der Waals surface area contributed by atoms with E-state index < -0.39 is 5.97 Å². The zero-order valence-electron chi connectivity index (χ0n) is 9.61. The summed E-state index contributed by atoms with van der Waals surface area (Å²) in [6.07, 6.45) is 5.59. The molecule has 0 atom stereocenters. The van der Waals surface area contributed by atoms with Crippen molar-refractivity contribution in [2.45, 2.75) is 25.7 Å². The summed E-state index contributed by atoms with van der Waals surface area (Å²) in [5.74, 6) is -0.789. The summed E-state index contributed by atoms with van der Waals surface area (Å²) in [6, 6.07) is 1.70. The summed E-state index contributed by atoms with van der Waals surface area (Å²) in [4.78, 5) is 15.4. The van der Waals surface area contributed by atoms with Crippen LogP contribution in [0.4, 0.5) is 0 Å². The van der Waals surface area contributed by atoms with Crippen molar-refractivity contribution in [3.05, 3.63) is 35.5 Å². The number of pyridine rings is 1. The highest BCUT2D eigenvalue weighted by atomic mass is 16.5. The normalized spacial score (nSPS) is 13.9. The van der Waals surface area contributed by atoms with Crippen LogP contribution in [-0.4, -0.2) is 22.7 Å². The van der Waals surface area contributed by atoms with E-state index in [2.05, 4.69) is 11.6 Å². The first-order valence-corrected chi connectivity index (χ1v) is 5.72. The maximum Gasteiger partial charge on any atom is 0.341 e. The molecule has 0 amide bonds. The number of hydrogen-bond donors (Lipinski definition) is 1. The molecule has 1 heterocycles. The molecule has 0 unspecified atom stereocenters. The van der Waals surface area contributed by atoms with Crippen molar-refractivity contribution in [1.82, 2.24) is 4.98 Å². The number of carbonyl (C=O) groups is 1. The highest BCUT2D eigenvalue weighted by Crippen LogP contribution is 2.26. The molecule has 0 aromatic carbocycles. The lowest BCUT2D eigenvalue weighted by Gasteiger charge is -2.17. The van der Waals surface area contributed by atoms with E-state index in [4.69, 9.17) is 9.84 Å². The Hall–Kier alpha value is -1.84. The SMILES string of the molecule is C=CCOc1nc2c(cc1C(=O)O)CCCC2. The summed E-state index contributed by atoms with van der Waals surface area (Å²) >= 11 is 0. The molecular formula is C13H15NO3. The zero-order valence-corrected chi connectivity index (χ0v) is 9.61. The first-order valence-electron chi connectivity index (χ1n) is 5.72. The highest BCUT2D eigenvalue weighted by molar-refractivity contribution is 5.90. The van der Waals surface area contributed by atoms with Crippen LogP contribution < -0.4 is 4.74 Å². The topological polar surface area (TPSA) is 59.4 Å². The highest BCUT2D eigenvalue weighted by Gasteiger charge is 2.19. The number of aromatic nitrogens is 1. The van der Waals surface area contributed by atoms with Crippen molar-refractivity contribution in [1.29, 1.82) is 0 Å². The van der Waals surface area contributed by atoms with Gasteiger partial charge in [0.05, 0.1) is 0 Å². The van der Waals surface area contributed by atoms with Gasteiger partial charge in [-0.1, -0.05) is 12.7 Å². The summed E-state index contributed by atoms with van der Waals surface area (Å²) in [5.41, 5.74) is 2.16. The van der Waals surface area contributed by atoms with Gasteiger partial charge >= 0.3 is 5.97 Å². The fourth-order valence-corrected chi connectivity index (χ4v) is 2.02. The van der Waals surface area contributed by atoms with E-state index in [0.717, 1.165) is 36.9 Å². The maximum absolute atomic E-state index is 11.1. The van der Waals surface area contributed by atoms with Gasteiger partial charge in [-0.15, -0.1) is 0 Å². The van der Waals surface area contributed by atoms with Crippen LogP contribution in [0.5, 0.6) is 5.88 Å². The van der Waals surface area contributed by atoms with Gasteiger partial charge in [-0.3, -0.25) is 0 Å². The van der Waals surface area contributed by atoms with Crippen LogP contribution in [0.25, 0.3) is 0 Å². The molecule has 0 saturated carbocycles. The number of nitrogens with zero attached hydrogens (tertiary/aromatic N) is 1. The summed E-state index contributed by atoms with van der Waals surface area (Å²) in [6.45, 7) is 3.81. The van der Waals surface area contributed by atoms with Crippen molar-refractivity contribution < 1.29 is 14.6 Å². The van der Waals surface area contributed by atoms with Crippen LogP contribution in [0.1, 0.15) is 34.5 Å². The van der Waals surface area contributed by atoms with Crippen LogP contribution in [0.15, 0.2) is 18.7 Å². The Morgan fingerprint density at radius 1 is 1.53 bits per heavy atom. The Morgan fingerprint density at radius 2 is 2.29 bits per heavy atom. The number of aryl methyl sites for hydroxylation is 2. The van der Waals surface area contributed by atoms with Crippen molar-refractivity contribution in [2.75, 3.05) is 6.61 Å². The Balaban J connectivity index is 2.40. The number of carboxylic acids is 1. The lowest BCUT2D eigenvalue weighted by molar-refractivity contribution is 0.0691. The van der Waals surface area contributed by atoms with Crippen molar-refractivity contribution in [3.63, 3.8) is 0 Å². The molecule has 90 valence electrons. The van der Waals surface area contributed by atoms with Gasteiger partial charge < -0.3 is 9.84 Å². The van der Waals surface area contributed by atoms with E-state index in [-0.39, 0.29) is 18.1 Å². The number of rotatable bonds is 4. The fraction of sp³-hybridized carbons (Fsp3) is 0.385. The molecule has 0 fully saturated rings. The third kappa shape index (κ3) is 2.46. The molecule has 0 radical (unpaired) electrons. The van der Waals surface area contributed by atoms with E-state index in [0.29, 0.717) is 0 Å². The van der Waals surface area contributed by atoms with Crippen molar-refractivity contribution in [2.24, 2.45) is 0 Å². The minimum atomic E-state index is -0.995. The molecule has 0 bridgehead atoms. The molecule has 1 N–H and O–H groups in total. The molecule has 1 aliphatic rings. The number of hydrogen-bond acceptors (Lipinski definition) is 3. The Labute approximate surface area is 99.9 Å². The first kappa shape index (κ1) is 11.6. The summed E-state index contributed by atoms with van der Waals surface area (Å²) in [7, 11) is 0. The van der Waals surface area contributed by atoms with Crippen LogP contribution in [0.3, 0.4) is 0 Å². The smallest absolute Gasteiger partial charge is 0.341 e. The Morgan fingerprint density at radius 3 is 3.00 bits per heavy atom. The second-order valence-electron chi connectivity index (χ2n) is 4.06. The van der Waals surface area contributed by atoms with Gasteiger partial charge in [-0.2, -0.15) is 0 Å². The van der Waals surface area contributed by atoms with E-state index in [1.54, 1.807) is 12.1 Å². The number of ether oxygens (including phenoxy) is 1. The minimum Gasteiger partial charge on any atom is -0.477 e. The molecule has 2 rings (SSSR count). The number of carboxylic acid groups (broad SMARTS) is 1. The van der Waals surface area contributed by atoms with E-state index >= 15 is 0 Å². The second kappa shape index (κ2) is 4.99. The monoisotopic (exact) mass is 233 g/mol. The molecule has 4 nitrogen and oxygen atoms in total. The van der Waals surface area contributed by atoms with Crippen LogP contribution >= 0.6 is 0 Å². The average molecular weight is 233 g/mol. The predicted molar refractivity (Wildman–Crippen MR) is 63.5 cm³/mol. The molecule has 1 aromatic heterocycles. The molecule has 4 heteroatoms. The van der Waals surface area contributed by atoms with E-state index in [1.807, 2.05) is 0 Å². The lowest BCUT2D eigenvalue weighted by Crippen LogP contribution is -2.12. The number of fused-ring (bicyclic) bond motifs is 1. The molecule has 0 spiro atoms. The summed E-state index contributed by atoms with van der Waals surface area (Å²) < 4.78 is 5.30. The predicted octanol–water partition coefficient (Wildman–Crippen LogP) is 2.22. The lowest BCUT2D eigenvalue weighted by atomic mass is 9.95. The van der Waals surface area contributed by atoms with Gasteiger partial charge in [-0.05, 0) is 37.3 Å². The van der Waals surface area contributed by atoms with Gasteiger partial charge in [0.25, 0.3) is 0 Å². The maximum atomic E-state index is 11.1. The minimum absolute atomic E-state index is 0.146. The number of aromatic carboxylic acids is 1. The van der Waals surface area contributed by atoms with Crippen molar-refractivity contribution >= 4 is 5.97 Å². The molecular weight excluding hydrogens is 218 g/mol. The van der Waals surface area contributed by atoms with Gasteiger partial charge in [0, 0.05) is 5.69 Å². The van der Waals surface area contributed by atoms with E-state index in [9.17, 15) is 4.79 Å². The third-order valence-corrected chi connectivity index (χ3v) is 2.83. The molecule has 0 saturated heterocycles. The van der Waals surface area contributed by atoms with Crippen LogP contribution in [0, 0.1) is 0 Å². The Kier molecular flexibility index (Phi) is 3.42. The van der Waals surface area contributed by atoms with Crippen LogP contribution in [0.2, 0.25) is 0 Å². The largest absolute Gasteiger partial charge is 0.477 e. The van der Waals surface area contributed by atoms with Gasteiger partial charge in [0.15, 0.2) is 0 Å².